The molecule has 0 radical (unpaired) electrons. The number of pyridine rings is 2. The van der Waals surface area contributed by atoms with E-state index in [4.69, 9.17) is 4.98 Å². The molecule has 2 aromatic rings. The van der Waals surface area contributed by atoms with Gasteiger partial charge in [0.15, 0.2) is 17.1 Å². The van der Waals surface area contributed by atoms with Gasteiger partial charge in [-0.15, -0.1) is 0 Å². The standard InChI is InChI=1S/C25H35FN4O/c26-21-16-20-22(31)17-23(27-18-10-4-1-5-11-18)30(19-12-6-2-7-13-19)24(20)28-25(21)29-14-8-3-9-15-29/h16-19,27H,1-15H2. The van der Waals surface area contributed by atoms with E-state index in [0.29, 0.717) is 28.9 Å². The second kappa shape index (κ2) is 9.17. The van der Waals surface area contributed by atoms with Crippen molar-refractivity contribution in [1.29, 1.82) is 0 Å². The number of fused-ring (bicyclic) bond motifs is 1. The summed E-state index contributed by atoms with van der Waals surface area (Å²) in [5.74, 6) is 0.945. The first kappa shape index (κ1) is 20.8. The van der Waals surface area contributed by atoms with Gasteiger partial charge in [-0.3, -0.25) is 4.79 Å². The molecule has 2 saturated carbocycles. The number of rotatable bonds is 4. The molecule has 31 heavy (non-hydrogen) atoms. The quantitative estimate of drug-likeness (QED) is 0.674. The number of nitrogens with zero attached hydrogens (tertiary/aromatic N) is 3. The SMILES string of the molecule is O=c1cc(NC2CCCCC2)n(C2CCCCC2)c2nc(N3CCCCC3)c(F)cc12. The predicted molar refractivity (Wildman–Crippen MR) is 125 cm³/mol. The number of hydrogen-bond acceptors (Lipinski definition) is 4. The predicted octanol–water partition coefficient (Wildman–Crippen LogP) is 5.78. The summed E-state index contributed by atoms with van der Waals surface area (Å²) in [6, 6.07) is 3.86. The Kier molecular flexibility index (Phi) is 6.15. The van der Waals surface area contributed by atoms with Crippen molar-refractivity contribution in [3.05, 3.63) is 28.2 Å². The van der Waals surface area contributed by atoms with Crippen LogP contribution in [0.5, 0.6) is 0 Å². The Bertz CT molecular complexity index is 970. The van der Waals surface area contributed by atoms with E-state index < -0.39 is 0 Å². The van der Waals surface area contributed by atoms with E-state index >= 15 is 4.39 Å². The highest BCUT2D eigenvalue weighted by atomic mass is 19.1. The van der Waals surface area contributed by atoms with Crippen LogP contribution < -0.4 is 15.6 Å². The maximum atomic E-state index is 15.1. The summed E-state index contributed by atoms with van der Waals surface area (Å²) >= 11 is 0. The fourth-order valence-corrected chi connectivity index (χ4v) is 5.82. The van der Waals surface area contributed by atoms with Crippen molar-refractivity contribution in [3.8, 4) is 0 Å². The first-order chi connectivity index (χ1) is 15.2. The molecular formula is C25H35FN4O. The Morgan fingerprint density at radius 2 is 1.52 bits per heavy atom. The molecule has 0 aromatic carbocycles. The Balaban J connectivity index is 1.63. The third kappa shape index (κ3) is 4.31. The third-order valence-electron chi connectivity index (χ3n) is 7.51. The summed E-state index contributed by atoms with van der Waals surface area (Å²) in [6.07, 6.45) is 15.2. The summed E-state index contributed by atoms with van der Waals surface area (Å²) in [7, 11) is 0. The second-order valence-corrected chi connectivity index (χ2v) is 9.75. The maximum Gasteiger partial charge on any atom is 0.193 e. The summed E-state index contributed by atoms with van der Waals surface area (Å²) in [5.41, 5.74) is 0.539. The lowest BCUT2D eigenvalue weighted by Gasteiger charge is -2.32. The van der Waals surface area contributed by atoms with Gasteiger partial charge in [0.25, 0.3) is 0 Å². The van der Waals surface area contributed by atoms with Crippen molar-refractivity contribution in [3.63, 3.8) is 0 Å². The van der Waals surface area contributed by atoms with Gasteiger partial charge in [-0.05, 0) is 51.0 Å². The van der Waals surface area contributed by atoms with Gasteiger partial charge in [0.2, 0.25) is 0 Å². The Hall–Kier alpha value is -2.11. The van der Waals surface area contributed by atoms with Crippen LogP contribution in [0, 0.1) is 5.82 Å². The van der Waals surface area contributed by atoms with Crippen LogP contribution in [0.25, 0.3) is 11.0 Å². The van der Waals surface area contributed by atoms with Crippen molar-refractivity contribution in [2.75, 3.05) is 23.3 Å². The molecule has 0 bridgehead atoms. The van der Waals surface area contributed by atoms with Crippen LogP contribution in [0.1, 0.15) is 89.5 Å². The monoisotopic (exact) mass is 426 g/mol. The van der Waals surface area contributed by atoms with Gasteiger partial charge in [-0.25, -0.2) is 9.37 Å². The van der Waals surface area contributed by atoms with Crippen LogP contribution >= 0.6 is 0 Å². The first-order valence-electron chi connectivity index (χ1n) is 12.5. The Morgan fingerprint density at radius 1 is 0.871 bits per heavy atom. The highest BCUT2D eigenvalue weighted by molar-refractivity contribution is 5.80. The van der Waals surface area contributed by atoms with E-state index in [1.165, 1.54) is 51.0 Å². The van der Waals surface area contributed by atoms with Crippen LogP contribution in [0.2, 0.25) is 0 Å². The molecule has 6 heteroatoms. The zero-order valence-corrected chi connectivity index (χ0v) is 18.5. The third-order valence-corrected chi connectivity index (χ3v) is 7.51. The van der Waals surface area contributed by atoms with Gasteiger partial charge < -0.3 is 14.8 Å². The van der Waals surface area contributed by atoms with Crippen molar-refractivity contribution >= 4 is 22.7 Å². The highest BCUT2D eigenvalue weighted by Crippen LogP contribution is 2.35. The number of aromatic nitrogens is 2. The molecule has 5 rings (SSSR count). The topological polar surface area (TPSA) is 50.2 Å². The average molecular weight is 427 g/mol. The minimum atomic E-state index is -0.366. The number of anilines is 2. The van der Waals surface area contributed by atoms with Gasteiger partial charge >= 0.3 is 0 Å². The molecular weight excluding hydrogens is 391 g/mol. The van der Waals surface area contributed by atoms with Gasteiger partial charge in [0.05, 0.1) is 5.39 Å². The minimum Gasteiger partial charge on any atom is -0.369 e. The number of halogens is 1. The van der Waals surface area contributed by atoms with Gasteiger partial charge in [0.1, 0.15) is 11.5 Å². The molecule has 0 amide bonds. The molecule has 2 aliphatic carbocycles. The molecule has 0 unspecified atom stereocenters. The molecule has 5 nitrogen and oxygen atoms in total. The van der Waals surface area contributed by atoms with Gasteiger partial charge in [0, 0.05) is 31.2 Å². The molecule has 3 aliphatic rings. The van der Waals surface area contributed by atoms with Gasteiger partial charge in [-0.1, -0.05) is 38.5 Å². The lowest BCUT2D eigenvalue weighted by Crippen LogP contribution is -2.32. The summed E-state index contributed by atoms with van der Waals surface area (Å²) in [6.45, 7) is 1.67. The highest BCUT2D eigenvalue weighted by Gasteiger charge is 2.25. The number of hydrogen-bond donors (Lipinski definition) is 1. The molecule has 3 heterocycles. The molecule has 1 saturated heterocycles. The molecule has 168 valence electrons. The molecule has 1 aliphatic heterocycles. The zero-order valence-electron chi connectivity index (χ0n) is 18.5. The molecule has 0 spiro atoms. The summed E-state index contributed by atoms with van der Waals surface area (Å²) < 4.78 is 17.3. The molecule has 3 fully saturated rings. The minimum absolute atomic E-state index is 0.128. The van der Waals surface area contributed by atoms with Crippen LogP contribution in [0.15, 0.2) is 16.9 Å². The van der Waals surface area contributed by atoms with Crippen LogP contribution in [-0.2, 0) is 0 Å². The number of piperidine rings is 1. The van der Waals surface area contributed by atoms with E-state index in [1.54, 1.807) is 6.07 Å². The Morgan fingerprint density at radius 3 is 2.23 bits per heavy atom. The van der Waals surface area contributed by atoms with E-state index in [0.717, 1.165) is 57.4 Å². The lowest BCUT2D eigenvalue weighted by molar-refractivity contribution is 0.358. The van der Waals surface area contributed by atoms with Crippen LogP contribution in [-0.4, -0.2) is 28.7 Å². The van der Waals surface area contributed by atoms with Crippen molar-refractivity contribution in [2.45, 2.75) is 95.6 Å². The fourth-order valence-electron chi connectivity index (χ4n) is 5.82. The first-order valence-corrected chi connectivity index (χ1v) is 12.5. The summed E-state index contributed by atoms with van der Waals surface area (Å²) in [5, 5.41) is 4.12. The van der Waals surface area contributed by atoms with Crippen molar-refractivity contribution in [2.24, 2.45) is 0 Å². The molecule has 2 aromatic heterocycles. The van der Waals surface area contributed by atoms with E-state index in [9.17, 15) is 4.79 Å². The zero-order chi connectivity index (χ0) is 21.2. The van der Waals surface area contributed by atoms with Crippen LogP contribution in [0.3, 0.4) is 0 Å². The van der Waals surface area contributed by atoms with Crippen molar-refractivity contribution in [1.82, 2.24) is 9.55 Å². The average Bonchev–Trinajstić information content (AvgIpc) is 2.81. The van der Waals surface area contributed by atoms with Crippen molar-refractivity contribution < 1.29 is 4.39 Å². The normalized spacial score (nSPS) is 21.5. The van der Waals surface area contributed by atoms with E-state index in [-0.39, 0.29) is 11.2 Å². The summed E-state index contributed by atoms with van der Waals surface area (Å²) in [4.78, 5) is 20.0. The fraction of sp³-hybridized carbons (Fsp3) is 0.680. The lowest BCUT2D eigenvalue weighted by atomic mass is 9.94. The smallest absolute Gasteiger partial charge is 0.193 e. The van der Waals surface area contributed by atoms with Gasteiger partial charge in [-0.2, -0.15) is 0 Å². The van der Waals surface area contributed by atoms with E-state index in [2.05, 4.69) is 14.8 Å². The Labute approximate surface area is 184 Å². The van der Waals surface area contributed by atoms with Crippen LogP contribution in [0.4, 0.5) is 16.0 Å². The number of nitrogens with one attached hydrogen (secondary N) is 1. The molecule has 0 atom stereocenters. The maximum absolute atomic E-state index is 15.1. The molecule has 1 N–H and O–H groups in total. The second-order valence-electron chi connectivity index (χ2n) is 9.75. The van der Waals surface area contributed by atoms with E-state index in [1.807, 2.05) is 0 Å². The largest absolute Gasteiger partial charge is 0.369 e.